The Labute approximate surface area is 154 Å². The molecule has 3 aromatic rings. The third kappa shape index (κ3) is 3.15. The number of anilines is 1. The number of fused-ring (bicyclic) bond motifs is 1. The highest BCUT2D eigenvalue weighted by Crippen LogP contribution is 2.23. The van der Waals surface area contributed by atoms with E-state index < -0.39 is 0 Å². The molecular weight excluding hydrogens is 322 g/mol. The first kappa shape index (κ1) is 16.6. The normalized spacial score (nSPS) is 14.7. The molecule has 1 aromatic heterocycles. The number of carbonyl (C=O) groups is 1. The van der Waals surface area contributed by atoms with Crippen LogP contribution >= 0.6 is 0 Å². The van der Waals surface area contributed by atoms with Crippen molar-refractivity contribution in [1.82, 2.24) is 9.88 Å². The lowest BCUT2D eigenvalue weighted by Gasteiger charge is -2.35. The van der Waals surface area contributed by atoms with Crippen LogP contribution in [0.25, 0.3) is 10.9 Å². The molecule has 4 rings (SSSR count). The summed E-state index contributed by atoms with van der Waals surface area (Å²) >= 11 is 0. The fourth-order valence-electron chi connectivity index (χ4n) is 3.51. The molecule has 1 fully saturated rings. The number of hydrogen-bond acceptors (Lipinski definition) is 3. The molecule has 26 heavy (non-hydrogen) atoms. The van der Waals surface area contributed by atoms with E-state index in [9.17, 15) is 4.79 Å². The largest absolute Gasteiger partial charge is 0.353 e. The summed E-state index contributed by atoms with van der Waals surface area (Å²) in [5.41, 5.74) is 4.21. The molecule has 2 aromatic carbocycles. The van der Waals surface area contributed by atoms with Crippen molar-refractivity contribution in [3.8, 4) is 0 Å². The number of piperazine rings is 1. The van der Waals surface area contributed by atoms with Gasteiger partial charge in [0.25, 0.3) is 5.91 Å². The maximum absolute atomic E-state index is 12.7. The maximum Gasteiger partial charge on any atom is 0.253 e. The molecule has 4 heteroatoms. The van der Waals surface area contributed by atoms with Gasteiger partial charge >= 0.3 is 0 Å². The molecule has 1 aliphatic heterocycles. The van der Waals surface area contributed by atoms with Gasteiger partial charge in [-0.15, -0.1) is 0 Å². The van der Waals surface area contributed by atoms with Crippen molar-refractivity contribution in [3.05, 3.63) is 71.3 Å². The number of para-hydroxylation sites is 1. The van der Waals surface area contributed by atoms with Gasteiger partial charge in [-0.2, -0.15) is 0 Å². The average molecular weight is 345 g/mol. The first-order chi connectivity index (χ1) is 12.6. The van der Waals surface area contributed by atoms with Crippen LogP contribution in [0.3, 0.4) is 0 Å². The Morgan fingerprint density at radius 2 is 1.62 bits per heavy atom. The average Bonchev–Trinajstić information content (AvgIpc) is 2.68. The molecule has 1 aliphatic rings. The molecule has 0 radical (unpaired) electrons. The van der Waals surface area contributed by atoms with E-state index in [1.54, 1.807) is 0 Å². The third-order valence-corrected chi connectivity index (χ3v) is 5.10. The van der Waals surface area contributed by atoms with E-state index in [2.05, 4.69) is 30.0 Å². The monoisotopic (exact) mass is 345 g/mol. The van der Waals surface area contributed by atoms with Crippen molar-refractivity contribution in [3.63, 3.8) is 0 Å². The number of hydrogen-bond donors (Lipinski definition) is 0. The van der Waals surface area contributed by atoms with E-state index >= 15 is 0 Å². The van der Waals surface area contributed by atoms with Crippen molar-refractivity contribution in [2.75, 3.05) is 31.1 Å². The highest BCUT2D eigenvalue weighted by molar-refractivity contribution is 5.94. The van der Waals surface area contributed by atoms with Gasteiger partial charge in [0.2, 0.25) is 0 Å². The lowest BCUT2D eigenvalue weighted by molar-refractivity contribution is 0.0746. The van der Waals surface area contributed by atoms with Gasteiger partial charge in [-0.3, -0.25) is 4.79 Å². The van der Waals surface area contributed by atoms with Gasteiger partial charge in [0.15, 0.2) is 0 Å². The van der Waals surface area contributed by atoms with E-state index in [0.29, 0.717) is 0 Å². The minimum absolute atomic E-state index is 0.118. The molecule has 132 valence electrons. The first-order valence-electron chi connectivity index (χ1n) is 9.09. The molecule has 0 aliphatic carbocycles. The Morgan fingerprint density at radius 3 is 2.35 bits per heavy atom. The second-order valence-electron chi connectivity index (χ2n) is 6.96. The molecular formula is C22H23N3O. The number of benzene rings is 2. The zero-order chi connectivity index (χ0) is 18.1. The van der Waals surface area contributed by atoms with Crippen LogP contribution in [0.5, 0.6) is 0 Å². The molecule has 1 amide bonds. The van der Waals surface area contributed by atoms with Crippen LogP contribution in [0.4, 0.5) is 5.82 Å². The molecule has 2 heterocycles. The topological polar surface area (TPSA) is 36.4 Å². The molecule has 0 N–H and O–H groups in total. The summed E-state index contributed by atoms with van der Waals surface area (Å²) < 4.78 is 0. The number of carbonyl (C=O) groups excluding carboxylic acids is 1. The van der Waals surface area contributed by atoms with Crippen LogP contribution in [-0.4, -0.2) is 42.0 Å². The SMILES string of the molecule is Cc1ccc(C(=O)N2CCN(c3cc(C)c4ccccc4n3)CC2)cc1. The molecule has 0 saturated carbocycles. The zero-order valence-electron chi connectivity index (χ0n) is 15.3. The lowest BCUT2D eigenvalue weighted by Crippen LogP contribution is -2.49. The van der Waals surface area contributed by atoms with Crippen LogP contribution < -0.4 is 4.90 Å². The molecule has 0 unspecified atom stereocenters. The maximum atomic E-state index is 12.7. The molecule has 1 saturated heterocycles. The summed E-state index contributed by atoms with van der Waals surface area (Å²) in [5.74, 6) is 1.12. The second-order valence-corrected chi connectivity index (χ2v) is 6.96. The Balaban J connectivity index is 1.48. The molecule has 0 atom stereocenters. The highest BCUT2D eigenvalue weighted by atomic mass is 16.2. The number of nitrogens with zero attached hydrogens (tertiary/aromatic N) is 3. The van der Waals surface area contributed by atoms with Gasteiger partial charge in [-0.05, 0) is 43.7 Å². The fourth-order valence-corrected chi connectivity index (χ4v) is 3.51. The fraction of sp³-hybridized carbons (Fsp3) is 0.273. The summed E-state index contributed by atoms with van der Waals surface area (Å²) in [4.78, 5) is 21.7. The van der Waals surface area contributed by atoms with Crippen molar-refractivity contribution in [2.24, 2.45) is 0 Å². The van der Waals surface area contributed by atoms with Crippen LogP contribution in [0.2, 0.25) is 0 Å². The summed E-state index contributed by atoms with van der Waals surface area (Å²) in [5, 5.41) is 1.20. The van der Waals surface area contributed by atoms with Crippen molar-refractivity contribution in [2.45, 2.75) is 13.8 Å². The smallest absolute Gasteiger partial charge is 0.253 e. The van der Waals surface area contributed by atoms with Gasteiger partial charge in [-0.1, -0.05) is 35.9 Å². The van der Waals surface area contributed by atoms with Crippen molar-refractivity contribution < 1.29 is 4.79 Å². The van der Waals surface area contributed by atoms with E-state index in [1.807, 2.05) is 48.2 Å². The summed E-state index contributed by atoms with van der Waals surface area (Å²) in [6.45, 7) is 7.22. The van der Waals surface area contributed by atoms with Crippen LogP contribution in [0.1, 0.15) is 21.5 Å². The lowest BCUT2D eigenvalue weighted by atomic mass is 10.1. The van der Waals surface area contributed by atoms with E-state index in [4.69, 9.17) is 4.98 Å². The van der Waals surface area contributed by atoms with Crippen LogP contribution in [0, 0.1) is 13.8 Å². The summed E-state index contributed by atoms with van der Waals surface area (Å²) in [6.07, 6.45) is 0. The standard InChI is InChI=1S/C22H23N3O/c1-16-7-9-18(10-8-16)22(26)25-13-11-24(12-14-25)21-15-17(2)19-5-3-4-6-20(19)23-21/h3-10,15H,11-14H2,1-2H3. The number of amides is 1. The molecule has 0 spiro atoms. The Morgan fingerprint density at radius 1 is 0.923 bits per heavy atom. The van der Waals surface area contributed by atoms with Crippen LogP contribution in [-0.2, 0) is 0 Å². The van der Waals surface area contributed by atoms with E-state index in [1.165, 1.54) is 16.5 Å². The van der Waals surface area contributed by atoms with Gasteiger partial charge in [0.1, 0.15) is 5.82 Å². The minimum atomic E-state index is 0.118. The van der Waals surface area contributed by atoms with Gasteiger partial charge in [0, 0.05) is 37.1 Å². The van der Waals surface area contributed by atoms with Crippen LogP contribution in [0.15, 0.2) is 54.6 Å². The zero-order valence-corrected chi connectivity index (χ0v) is 15.3. The Bertz CT molecular complexity index is 941. The third-order valence-electron chi connectivity index (χ3n) is 5.10. The Kier molecular flexibility index (Phi) is 4.33. The quantitative estimate of drug-likeness (QED) is 0.708. The summed E-state index contributed by atoms with van der Waals surface area (Å²) in [6, 6.07) is 18.2. The number of aromatic nitrogens is 1. The second kappa shape index (κ2) is 6.79. The van der Waals surface area contributed by atoms with Gasteiger partial charge in [-0.25, -0.2) is 4.98 Å². The van der Waals surface area contributed by atoms with Gasteiger partial charge in [0.05, 0.1) is 5.52 Å². The van der Waals surface area contributed by atoms with E-state index in [0.717, 1.165) is 43.1 Å². The Hall–Kier alpha value is -2.88. The molecule has 4 nitrogen and oxygen atoms in total. The number of aryl methyl sites for hydroxylation is 2. The predicted molar refractivity (Wildman–Crippen MR) is 106 cm³/mol. The van der Waals surface area contributed by atoms with Crippen molar-refractivity contribution >= 4 is 22.6 Å². The number of rotatable bonds is 2. The van der Waals surface area contributed by atoms with E-state index in [-0.39, 0.29) is 5.91 Å². The predicted octanol–water partition coefficient (Wildman–Crippen LogP) is 3.81. The number of pyridine rings is 1. The minimum Gasteiger partial charge on any atom is -0.353 e. The molecule has 0 bridgehead atoms. The summed E-state index contributed by atoms with van der Waals surface area (Å²) in [7, 11) is 0. The van der Waals surface area contributed by atoms with Crippen molar-refractivity contribution in [1.29, 1.82) is 0 Å². The van der Waals surface area contributed by atoms with Gasteiger partial charge < -0.3 is 9.80 Å². The first-order valence-corrected chi connectivity index (χ1v) is 9.09. The highest BCUT2D eigenvalue weighted by Gasteiger charge is 2.23.